The summed E-state index contributed by atoms with van der Waals surface area (Å²) in [6.07, 6.45) is 2.24. The summed E-state index contributed by atoms with van der Waals surface area (Å²) in [7, 11) is 1.65. The van der Waals surface area contributed by atoms with Crippen molar-refractivity contribution in [2.45, 2.75) is 37.1 Å². The van der Waals surface area contributed by atoms with E-state index >= 15 is 0 Å². The summed E-state index contributed by atoms with van der Waals surface area (Å²) in [6, 6.07) is 15.7. The molecule has 0 heterocycles. The molecule has 0 aliphatic heterocycles. The lowest BCUT2D eigenvalue weighted by molar-refractivity contribution is -0.121. The third kappa shape index (κ3) is 6.63. The molecule has 2 aromatic rings. The van der Waals surface area contributed by atoms with Gasteiger partial charge >= 0.3 is 0 Å². The average molecular weight is 378 g/mol. The largest absolute Gasteiger partial charge is 0.497 e. The SMILES string of the molecule is CC[C@@H](NC(=O)CCCSc1ccc(Cl)cc1)c1ccc(OC)cc1. The quantitative estimate of drug-likeness (QED) is 0.464. The van der Waals surface area contributed by atoms with Crippen molar-refractivity contribution in [2.75, 3.05) is 12.9 Å². The first-order chi connectivity index (χ1) is 12.1. The van der Waals surface area contributed by atoms with Crippen molar-refractivity contribution in [1.29, 1.82) is 0 Å². The zero-order valence-corrected chi connectivity index (χ0v) is 16.2. The van der Waals surface area contributed by atoms with Gasteiger partial charge in [0.25, 0.3) is 0 Å². The molecule has 0 fully saturated rings. The lowest BCUT2D eigenvalue weighted by Gasteiger charge is -2.18. The molecule has 3 nitrogen and oxygen atoms in total. The van der Waals surface area contributed by atoms with E-state index in [-0.39, 0.29) is 11.9 Å². The Kier molecular flexibility index (Phi) is 8.16. The molecule has 5 heteroatoms. The highest BCUT2D eigenvalue weighted by molar-refractivity contribution is 7.99. The maximum absolute atomic E-state index is 12.2. The number of benzene rings is 2. The second kappa shape index (κ2) is 10.4. The molecule has 1 N–H and O–H groups in total. The molecule has 0 aliphatic carbocycles. The van der Waals surface area contributed by atoms with Crippen LogP contribution in [-0.2, 0) is 4.79 Å². The van der Waals surface area contributed by atoms with Gasteiger partial charge in [-0.05, 0) is 60.6 Å². The molecule has 1 amide bonds. The minimum absolute atomic E-state index is 0.0438. The predicted molar refractivity (Wildman–Crippen MR) is 106 cm³/mol. The van der Waals surface area contributed by atoms with Crippen LogP contribution in [0.3, 0.4) is 0 Å². The van der Waals surface area contributed by atoms with E-state index in [9.17, 15) is 4.79 Å². The summed E-state index contributed by atoms with van der Waals surface area (Å²) in [5.74, 6) is 1.83. The van der Waals surface area contributed by atoms with Gasteiger partial charge in [0.2, 0.25) is 5.91 Å². The van der Waals surface area contributed by atoms with Crippen molar-refractivity contribution in [1.82, 2.24) is 5.32 Å². The number of amides is 1. The Bertz CT molecular complexity index is 658. The minimum atomic E-state index is 0.0438. The fourth-order valence-electron chi connectivity index (χ4n) is 2.48. The number of methoxy groups -OCH3 is 1. The van der Waals surface area contributed by atoms with Gasteiger partial charge in [0.05, 0.1) is 13.2 Å². The Morgan fingerprint density at radius 1 is 1.16 bits per heavy atom. The lowest BCUT2D eigenvalue weighted by Crippen LogP contribution is -2.27. The van der Waals surface area contributed by atoms with Crippen molar-refractivity contribution in [2.24, 2.45) is 0 Å². The third-order valence-electron chi connectivity index (χ3n) is 3.89. The van der Waals surface area contributed by atoms with Gasteiger partial charge in [-0.15, -0.1) is 11.8 Å². The van der Waals surface area contributed by atoms with Crippen molar-refractivity contribution < 1.29 is 9.53 Å². The number of hydrogen-bond acceptors (Lipinski definition) is 3. The fourth-order valence-corrected chi connectivity index (χ4v) is 3.46. The number of carbonyl (C=O) groups is 1. The predicted octanol–water partition coefficient (Wildman–Crippen LogP) is 5.49. The third-order valence-corrected chi connectivity index (χ3v) is 5.24. The van der Waals surface area contributed by atoms with Crippen LogP contribution in [0.2, 0.25) is 5.02 Å². The molecule has 0 radical (unpaired) electrons. The first kappa shape index (κ1) is 19.7. The molecule has 1 atom stereocenters. The van der Waals surface area contributed by atoms with Crippen LogP contribution in [0.5, 0.6) is 5.75 Å². The van der Waals surface area contributed by atoms with Crippen LogP contribution in [0, 0.1) is 0 Å². The molecular formula is C20H24ClNO2S. The van der Waals surface area contributed by atoms with Gasteiger partial charge in [-0.25, -0.2) is 0 Å². The highest BCUT2D eigenvalue weighted by Crippen LogP contribution is 2.22. The van der Waals surface area contributed by atoms with Crippen LogP contribution in [0.1, 0.15) is 37.8 Å². The van der Waals surface area contributed by atoms with E-state index in [0.717, 1.165) is 34.9 Å². The average Bonchev–Trinajstić information content (AvgIpc) is 2.65. The Hall–Kier alpha value is -1.65. The van der Waals surface area contributed by atoms with Crippen LogP contribution < -0.4 is 10.1 Å². The normalized spacial score (nSPS) is 11.8. The minimum Gasteiger partial charge on any atom is -0.497 e. The molecule has 0 aliphatic rings. The molecule has 25 heavy (non-hydrogen) atoms. The van der Waals surface area contributed by atoms with Crippen LogP contribution in [-0.4, -0.2) is 18.8 Å². The number of hydrogen-bond donors (Lipinski definition) is 1. The standard InChI is InChI=1S/C20H24ClNO2S/c1-3-19(15-6-10-17(24-2)11-7-15)22-20(23)5-4-14-25-18-12-8-16(21)9-13-18/h6-13,19H,3-5,14H2,1-2H3,(H,22,23)/t19-/m1/s1. The maximum atomic E-state index is 12.2. The maximum Gasteiger partial charge on any atom is 0.220 e. The van der Waals surface area contributed by atoms with Gasteiger partial charge in [0, 0.05) is 16.3 Å². The van der Waals surface area contributed by atoms with E-state index in [1.165, 1.54) is 4.90 Å². The Labute approximate surface area is 159 Å². The Morgan fingerprint density at radius 2 is 1.84 bits per heavy atom. The topological polar surface area (TPSA) is 38.3 Å². The number of rotatable bonds is 9. The zero-order valence-electron chi connectivity index (χ0n) is 14.6. The number of nitrogens with one attached hydrogen (secondary N) is 1. The molecule has 2 aromatic carbocycles. The van der Waals surface area contributed by atoms with Crippen LogP contribution in [0.4, 0.5) is 0 Å². The van der Waals surface area contributed by atoms with Gasteiger partial charge in [0.15, 0.2) is 0 Å². The fraction of sp³-hybridized carbons (Fsp3) is 0.350. The van der Waals surface area contributed by atoms with Crippen LogP contribution in [0.25, 0.3) is 0 Å². The van der Waals surface area contributed by atoms with Crippen LogP contribution >= 0.6 is 23.4 Å². The van der Waals surface area contributed by atoms with Crippen molar-refractivity contribution in [3.8, 4) is 5.75 Å². The number of ether oxygens (including phenoxy) is 1. The molecule has 0 unspecified atom stereocenters. The second-order valence-corrected chi connectivity index (χ2v) is 7.31. The first-order valence-corrected chi connectivity index (χ1v) is 9.80. The van der Waals surface area contributed by atoms with Gasteiger partial charge in [-0.3, -0.25) is 4.79 Å². The molecule has 0 saturated heterocycles. The summed E-state index contributed by atoms with van der Waals surface area (Å²) < 4.78 is 5.18. The van der Waals surface area contributed by atoms with Crippen molar-refractivity contribution >= 4 is 29.3 Å². The van der Waals surface area contributed by atoms with E-state index in [2.05, 4.69) is 12.2 Å². The van der Waals surface area contributed by atoms with Gasteiger partial charge in [0.1, 0.15) is 5.75 Å². The summed E-state index contributed by atoms with van der Waals surface area (Å²) in [6.45, 7) is 2.07. The molecule has 2 rings (SSSR count). The first-order valence-electron chi connectivity index (χ1n) is 8.44. The van der Waals surface area contributed by atoms with Crippen molar-refractivity contribution in [3.63, 3.8) is 0 Å². The molecule has 0 spiro atoms. The summed E-state index contributed by atoms with van der Waals surface area (Å²) in [5, 5.41) is 3.86. The van der Waals surface area contributed by atoms with Gasteiger partial charge in [-0.1, -0.05) is 30.7 Å². The van der Waals surface area contributed by atoms with Gasteiger partial charge in [-0.2, -0.15) is 0 Å². The second-order valence-electron chi connectivity index (χ2n) is 5.71. The summed E-state index contributed by atoms with van der Waals surface area (Å²) in [5.41, 5.74) is 1.10. The highest BCUT2D eigenvalue weighted by Gasteiger charge is 2.12. The monoisotopic (exact) mass is 377 g/mol. The number of carbonyl (C=O) groups excluding carboxylic acids is 1. The Morgan fingerprint density at radius 3 is 2.44 bits per heavy atom. The molecule has 0 saturated carbocycles. The number of thioether (sulfide) groups is 1. The van der Waals surface area contributed by atoms with E-state index < -0.39 is 0 Å². The molecular weight excluding hydrogens is 354 g/mol. The Balaban J connectivity index is 1.74. The summed E-state index contributed by atoms with van der Waals surface area (Å²) in [4.78, 5) is 13.4. The van der Waals surface area contributed by atoms with E-state index in [0.29, 0.717) is 6.42 Å². The molecule has 0 aromatic heterocycles. The number of halogens is 1. The van der Waals surface area contributed by atoms with E-state index in [1.807, 2.05) is 48.5 Å². The van der Waals surface area contributed by atoms with E-state index in [1.54, 1.807) is 18.9 Å². The molecule has 0 bridgehead atoms. The van der Waals surface area contributed by atoms with E-state index in [4.69, 9.17) is 16.3 Å². The van der Waals surface area contributed by atoms with Crippen LogP contribution in [0.15, 0.2) is 53.4 Å². The smallest absolute Gasteiger partial charge is 0.220 e. The van der Waals surface area contributed by atoms with Gasteiger partial charge < -0.3 is 10.1 Å². The molecule has 134 valence electrons. The summed E-state index contributed by atoms with van der Waals surface area (Å²) >= 11 is 7.62. The van der Waals surface area contributed by atoms with Crippen molar-refractivity contribution in [3.05, 3.63) is 59.1 Å². The highest BCUT2D eigenvalue weighted by atomic mass is 35.5. The lowest BCUT2D eigenvalue weighted by atomic mass is 10.0. The zero-order chi connectivity index (χ0) is 18.1.